The summed E-state index contributed by atoms with van der Waals surface area (Å²) in [5.74, 6) is -0.898. The number of anilines is 1. The molecule has 0 aliphatic carbocycles. The van der Waals surface area contributed by atoms with E-state index in [4.69, 9.17) is 21.1 Å². The number of aliphatic hydroxyl groups excluding tert-OH is 1. The third-order valence-corrected chi connectivity index (χ3v) is 6.84. The molecule has 1 atom stereocenters. The zero-order valence-electron chi connectivity index (χ0n) is 18.6. The zero-order valence-corrected chi connectivity index (χ0v) is 21.0. The fraction of sp³-hybridized carbons (Fsp3) is 0.154. The third kappa shape index (κ3) is 4.17. The van der Waals surface area contributed by atoms with E-state index in [1.807, 2.05) is 13.0 Å². The molecular weight excluding hydrogens is 522 g/mol. The second-order valence-electron chi connectivity index (χ2n) is 7.72. The molecule has 1 saturated heterocycles. The summed E-state index contributed by atoms with van der Waals surface area (Å²) in [6, 6.07) is 15.9. The molecule has 34 heavy (non-hydrogen) atoms. The standard InChI is InChI=1S/C26H21BrClNO5/c1-14-4-9-17(12-20(14)27)29-23(19-11-10-18(33-2)13-21(19)34-3)22(25(31)26(29)32)24(30)15-5-7-16(28)8-6-15/h4-13,23,30H,1-3H3/t23-/m1/s1. The highest BCUT2D eigenvalue weighted by Gasteiger charge is 2.48. The van der Waals surface area contributed by atoms with Crippen LogP contribution in [-0.4, -0.2) is 31.0 Å². The maximum atomic E-state index is 13.3. The van der Waals surface area contributed by atoms with E-state index in [1.165, 1.54) is 19.1 Å². The van der Waals surface area contributed by atoms with Gasteiger partial charge < -0.3 is 14.6 Å². The van der Waals surface area contributed by atoms with Gasteiger partial charge in [-0.3, -0.25) is 14.5 Å². The number of aryl methyl sites for hydroxylation is 1. The first-order valence-corrected chi connectivity index (χ1v) is 11.5. The minimum Gasteiger partial charge on any atom is -0.507 e. The van der Waals surface area contributed by atoms with Crippen LogP contribution in [0.2, 0.25) is 5.02 Å². The second kappa shape index (κ2) is 9.52. The third-order valence-electron chi connectivity index (χ3n) is 5.73. The molecule has 3 aromatic carbocycles. The first kappa shape index (κ1) is 23.9. The molecule has 0 spiro atoms. The summed E-state index contributed by atoms with van der Waals surface area (Å²) in [6.45, 7) is 1.92. The molecule has 1 N–H and O–H groups in total. The molecule has 0 unspecified atom stereocenters. The van der Waals surface area contributed by atoms with Gasteiger partial charge in [0.2, 0.25) is 0 Å². The molecule has 4 rings (SSSR count). The van der Waals surface area contributed by atoms with Crippen molar-refractivity contribution < 1.29 is 24.2 Å². The maximum Gasteiger partial charge on any atom is 0.300 e. The van der Waals surface area contributed by atoms with Crippen molar-refractivity contribution in [3.8, 4) is 11.5 Å². The van der Waals surface area contributed by atoms with Crippen molar-refractivity contribution in [2.45, 2.75) is 13.0 Å². The van der Waals surface area contributed by atoms with Gasteiger partial charge in [-0.05, 0) is 61.0 Å². The molecule has 6 nitrogen and oxygen atoms in total. The number of carbonyl (C=O) groups is 2. The highest BCUT2D eigenvalue weighted by molar-refractivity contribution is 9.10. The summed E-state index contributed by atoms with van der Waals surface area (Å²) >= 11 is 9.49. The van der Waals surface area contributed by atoms with E-state index in [0.29, 0.717) is 33.3 Å². The number of ether oxygens (including phenoxy) is 2. The van der Waals surface area contributed by atoms with Crippen LogP contribution < -0.4 is 14.4 Å². The maximum absolute atomic E-state index is 13.3. The highest BCUT2D eigenvalue weighted by atomic mass is 79.9. The molecule has 0 bridgehead atoms. The predicted octanol–water partition coefficient (Wildman–Crippen LogP) is 6.05. The number of nitrogens with zero attached hydrogens (tertiary/aromatic N) is 1. The molecule has 1 heterocycles. The van der Waals surface area contributed by atoms with Crippen LogP contribution >= 0.6 is 27.5 Å². The Bertz CT molecular complexity index is 1320. The molecule has 0 aromatic heterocycles. The number of halogens is 2. The summed E-state index contributed by atoms with van der Waals surface area (Å²) in [5, 5.41) is 11.7. The number of ketones is 1. The van der Waals surface area contributed by atoms with Crippen LogP contribution in [0.1, 0.15) is 22.7 Å². The van der Waals surface area contributed by atoms with Crippen LogP contribution in [-0.2, 0) is 9.59 Å². The van der Waals surface area contributed by atoms with Crippen molar-refractivity contribution >= 4 is 50.7 Å². The molecular formula is C26H21BrClNO5. The fourth-order valence-corrected chi connectivity index (χ4v) is 4.42. The molecule has 1 fully saturated rings. The molecule has 1 aliphatic rings. The van der Waals surface area contributed by atoms with Gasteiger partial charge in [0, 0.05) is 32.4 Å². The first-order valence-electron chi connectivity index (χ1n) is 10.3. The van der Waals surface area contributed by atoms with Gasteiger partial charge in [-0.15, -0.1) is 0 Å². The van der Waals surface area contributed by atoms with Crippen LogP contribution in [0.25, 0.3) is 5.76 Å². The van der Waals surface area contributed by atoms with Gasteiger partial charge in [0.1, 0.15) is 17.3 Å². The number of hydrogen-bond acceptors (Lipinski definition) is 5. The van der Waals surface area contributed by atoms with Gasteiger partial charge in [-0.2, -0.15) is 0 Å². The Morgan fingerprint density at radius 1 is 1.00 bits per heavy atom. The zero-order chi connectivity index (χ0) is 24.6. The van der Waals surface area contributed by atoms with Crippen LogP contribution in [0, 0.1) is 6.92 Å². The monoisotopic (exact) mass is 541 g/mol. The van der Waals surface area contributed by atoms with E-state index in [9.17, 15) is 14.7 Å². The number of benzene rings is 3. The summed E-state index contributed by atoms with van der Waals surface area (Å²) in [5.41, 5.74) is 2.31. The molecule has 3 aromatic rings. The largest absolute Gasteiger partial charge is 0.507 e. The molecule has 8 heteroatoms. The second-order valence-corrected chi connectivity index (χ2v) is 9.01. The molecule has 1 aliphatic heterocycles. The molecule has 174 valence electrons. The van der Waals surface area contributed by atoms with Gasteiger partial charge in [-0.25, -0.2) is 0 Å². The van der Waals surface area contributed by atoms with E-state index in [1.54, 1.807) is 54.6 Å². The van der Waals surface area contributed by atoms with Crippen LogP contribution in [0.3, 0.4) is 0 Å². The summed E-state index contributed by atoms with van der Waals surface area (Å²) in [6.07, 6.45) is 0. The van der Waals surface area contributed by atoms with Crippen molar-refractivity contribution in [1.82, 2.24) is 0 Å². The van der Waals surface area contributed by atoms with E-state index >= 15 is 0 Å². The normalized spacial score (nSPS) is 17.2. The van der Waals surface area contributed by atoms with Crippen molar-refractivity contribution in [3.05, 3.63) is 92.4 Å². The molecule has 1 amide bonds. The van der Waals surface area contributed by atoms with E-state index in [2.05, 4.69) is 15.9 Å². The average molecular weight is 543 g/mol. The summed E-state index contributed by atoms with van der Waals surface area (Å²) in [4.78, 5) is 28.0. The van der Waals surface area contributed by atoms with Crippen molar-refractivity contribution in [3.63, 3.8) is 0 Å². The van der Waals surface area contributed by atoms with Crippen LogP contribution in [0.4, 0.5) is 5.69 Å². The van der Waals surface area contributed by atoms with E-state index in [0.717, 1.165) is 10.0 Å². The number of methoxy groups -OCH3 is 2. The lowest BCUT2D eigenvalue weighted by atomic mass is 9.94. The van der Waals surface area contributed by atoms with Crippen LogP contribution in [0.15, 0.2) is 70.7 Å². The van der Waals surface area contributed by atoms with Gasteiger partial charge in [0.05, 0.1) is 25.8 Å². The molecule has 0 radical (unpaired) electrons. The predicted molar refractivity (Wildman–Crippen MR) is 135 cm³/mol. The van der Waals surface area contributed by atoms with Gasteiger partial charge in [-0.1, -0.05) is 33.6 Å². The number of amides is 1. The number of Topliss-reactive ketones (excluding diaryl/α,β-unsaturated/α-hetero) is 1. The van der Waals surface area contributed by atoms with Gasteiger partial charge >= 0.3 is 0 Å². The number of carbonyl (C=O) groups excluding carboxylic acids is 2. The topological polar surface area (TPSA) is 76.1 Å². The first-order chi connectivity index (χ1) is 16.3. The lowest BCUT2D eigenvalue weighted by Gasteiger charge is -2.27. The Balaban J connectivity index is 2.00. The quantitative estimate of drug-likeness (QED) is 0.241. The Hall–Kier alpha value is -3.29. The Labute approximate surface area is 210 Å². The average Bonchev–Trinajstić information content (AvgIpc) is 3.10. The van der Waals surface area contributed by atoms with Gasteiger partial charge in [0.25, 0.3) is 11.7 Å². The highest BCUT2D eigenvalue weighted by Crippen LogP contribution is 2.46. The SMILES string of the molecule is COc1ccc([C@@H]2C(=C(O)c3ccc(Cl)cc3)C(=O)C(=O)N2c2ccc(C)c(Br)c2)c(OC)c1. The smallest absolute Gasteiger partial charge is 0.300 e. The van der Waals surface area contributed by atoms with Crippen molar-refractivity contribution in [2.75, 3.05) is 19.1 Å². The van der Waals surface area contributed by atoms with Crippen LogP contribution in [0.5, 0.6) is 11.5 Å². The Kier molecular flexibility index (Phi) is 6.68. The minimum absolute atomic E-state index is 0.0486. The van der Waals surface area contributed by atoms with Crippen molar-refractivity contribution in [1.29, 1.82) is 0 Å². The lowest BCUT2D eigenvalue weighted by molar-refractivity contribution is -0.132. The summed E-state index contributed by atoms with van der Waals surface area (Å²) in [7, 11) is 3.02. The lowest BCUT2D eigenvalue weighted by Crippen LogP contribution is -2.29. The number of aliphatic hydroxyl groups is 1. The summed E-state index contributed by atoms with van der Waals surface area (Å²) < 4.78 is 11.7. The van der Waals surface area contributed by atoms with Gasteiger partial charge in [0.15, 0.2) is 0 Å². The van der Waals surface area contributed by atoms with E-state index in [-0.39, 0.29) is 11.3 Å². The Morgan fingerprint density at radius 3 is 2.32 bits per heavy atom. The molecule has 0 saturated carbocycles. The van der Waals surface area contributed by atoms with Crippen molar-refractivity contribution in [2.24, 2.45) is 0 Å². The van der Waals surface area contributed by atoms with E-state index < -0.39 is 17.7 Å². The number of rotatable bonds is 5. The fourth-order valence-electron chi connectivity index (χ4n) is 3.93. The minimum atomic E-state index is -0.939. The number of hydrogen-bond donors (Lipinski definition) is 1. The Morgan fingerprint density at radius 2 is 1.71 bits per heavy atom.